The molecule has 108 valence electrons. The second kappa shape index (κ2) is 6.35. The van der Waals surface area contributed by atoms with Crippen LogP contribution in [-0.4, -0.2) is 25.5 Å². The van der Waals surface area contributed by atoms with Crippen LogP contribution in [-0.2, 0) is 10.0 Å². The maximum absolute atomic E-state index is 12.2. The molecule has 0 heterocycles. The fourth-order valence-electron chi connectivity index (χ4n) is 1.56. The van der Waals surface area contributed by atoms with Crippen molar-refractivity contribution in [1.82, 2.24) is 4.72 Å². The number of aromatic carboxylic acids is 1. The van der Waals surface area contributed by atoms with Crippen LogP contribution in [0.25, 0.3) is 0 Å². The van der Waals surface area contributed by atoms with Crippen molar-refractivity contribution in [1.29, 1.82) is 5.26 Å². The van der Waals surface area contributed by atoms with E-state index in [-0.39, 0.29) is 16.9 Å². The van der Waals surface area contributed by atoms with Gasteiger partial charge >= 0.3 is 5.97 Å². The summed E-state index contributed by atoms with van der Waals surface area (Å²) < 4.78 is 27.1. The van der Waals surface area contributed by atoms with Gasteiger partial charge in [-0.1, -0.05) is 0 Å². The summed E-state index contributed by atoms with van der Waals surface area (Å²) in [4.78, 5) is 10.8. The molecule has 1 aromatic rings. The van der Waals surface area contributed by atoms with E-state index in [9.17, 15) is 13.2 Å². The highest BCUT2D eigenvalue weighted by Crippen LogP contribution is 2.27. The fourth-order valence-corrected chi connectivity index (χ4v) is 3.85. The number of aryl methyl sites for hydroxylation is 1. The van der Waals surface area contributed by atoms with Crippen LogP contribution in [0.2, 0.25) is 0 Å². The highest BCUT2D eigenvalue weighted by molar-refractivity contribution is 9.10. The van der Waals surface area contributed by atoms with Crippen molar-refractivity contribution < 1.29 is 18.3 Å². The molecule has 0 amide bonds. The SMILES string of the molecule is Cc1cc(C(=O)O)cc(S(=O)(=O)NC(C)CC#N)c1Br. The maximum atomic E-state index is 12.2. The Morgan fingerprint density at radius 3 is 2.65 bits per heavy atom. The lowest BCUT2D eigenvalue weighted by Gasteiger charge is -2.14. The summed E-state index contributed by atoms with van der Waals surface area (Å²) in [6.45, 7) is 3.16. The molecule has 6 nitrogen and oxygen atoms in total. The van der Waals surface area contributed by atoms with Gasteiger partial charge in [-0.15, -0.1) is 0 Å². The Bertz CT molecular complexity index is 679. The number of benzene rings is 1. The molecule has 0 aliphatic heterocycles. The summed E-state index contributed by atoms with van der Waals surface area (Å²) in [5, 5.41) is 17.5. The lowest BCUT2D eigenvalue weighted by Crippen LogP contribution is -2.32. The van der Waals surface area contributed by atoms with E-state index in [1.54, 1.807) is 13.8 Å². The van der Waals surface area contributed by atoms with Crippen LogP contribution in [0.3, 0.4) is 0 Å². The Morgan fingerprint density at radius 2 is 2.15 bits per heavy atom. The molecule has 1 aromatic carbocycles. The first-order chi connectivity index (χ1) is 9.19. The van der Waals surface area contributed by atoms with Crippen molar-refractivity contribution in [2.24, 2.45) is 0 Å². The number of rotatable bonds is 5. The first kappa shape index (κ1) is 16.6. The van der Waals surface area contributed by atoms with E-state index in [2.05, 4.69) is 20.7 Å². The van der Waals surface area contributed by atoms with Crippen molar-refractivity contribution in [3.05, 3.63) is 27.7 Å². The molecule has 2 N–H and O–H groups in total. The van der Waals surface area contributed by atoms with Crippen molar-refractivity contribution in [3.8, 4) is 6.07 Å². The van der Waals surface area contributed by atoms with Gasteiger partial charge in [-0.2, -0.15) is 5.26 Å². The number of carbonyl (C=O) groups is 1. The Labute approximate surface area is 125 Å². The first-order valence-corrected chi connectivity index (χ1v) is 7.89. The summed E-state index contributed by atoms with van der Waals surface area (Å²) in [7, 11) is -3.90. The molecule has 0 aliphatic rings. The number of nitrogens with zero attached hydrogens (tertiary/aromatic N) is 1. The second-order valence-corrected chi connectivity index (χ2v) is 6.77. The van der Waals surface area contributed by atoms with Crippen molar-refractivity contribution >= 4 is 31.9 Å². The largest absolute Gasteiger partial charge is 0.478 e. The summed E-state index contributed by atoms with van der Waals surface area (Å²) in [5.74, 6) is -1.21. The smallest absolute Gasteiger partial charge is 0.335 e. The molecular formula is C12H13BrN2O4S. The molecule has 1 atom stereocenters. The zero-order chi connectivity index (χ0) is 15.5. The van der Waals surface area contributed by atoms with Gasteiger partial charge in [-0.25, -0.2) is 17.9 Å². The van der Waals surface area contributed by atoms with Gasteiger partial charge in [0.1, 0.15) is 0 Å². The van der Waals surface area contributed by atoms with Gasteiger partial charge in [0.2, 0.25) is 10.0 Å². The molecule has 0 saturated heterocycles. The zero-order valence-electron chi connectivity index (χ0n) is 10.8. The van der Waals surface area contributed by atoms with Crippen LogP contribution < -0.4 is 4.72 Å². The van der Waals surface area contributed by atoms with Gasteiger partial charge in [0, 0.05) is 10.5 Å². The minimum atomic E-state index is -3.90. The van der Waals surface area contributed by atoms with Gasteiger partial charge < -0.3 is 5.11 Å². The third-order valence-electron chi connectivity index (χ3n) is 2.51. The molecule has 0 saturated carbocycles. The molecule has 8 heteroatoms. The minimum absolute atomic E-state index is 0.0223. The van der Waals surface area contributed by atoms with Crippen molar-refractivity contribution in [2.75, 3.05) is 0 Å². The van der Waals surface area contributed by atoms with Crippen LogP contribution in [0.5, 0.6) is 0 Å². The molecule has 0 radical (unpaired) electrons. The summed E-state index contributed by atoms with van der Waals surface area (Å²) in [5.41, 5.74) is 0.386. The van der Waals surface area contributed by atoms with Crippen LogP contribution >= 0.6 is 15.9 Å². The molecule has 0 fully saturated rings. The molecule has 0 aliphatic carbocycles. The first-order valence-electron chi connectivity index (χ1n) is 5.61. The van der Waals surface area contributed by atoms with Gasteiger partial charge in [0.05, 0.1) is 22.9 Å². The molecular weight excluding hydrogens is 348 g/mol. The highest BCUT2D eigenvalue weighted by atomic mass is 79.9. The topological polar surface area (TPSA) is 107 Å². The Kier molecular flexibility index (Phi) is 5.28. The Balaban J connectivity index is 3.31. The number of hydrogen-bond donors (Lipinski definition) is 2. The third-order valence-corrected chi connectivity index (χ3v) is 5.44. The van der Waals surface area contributed by atoms with Crippen molar-refractivity contribution in [3.63, 3.8) is 0 Å². The molecule has 20 heavy (non-hydrogen) atoms. The molecule has 0 aromatic heterocycles. The standard InChI is InChI=1S/C12H13BrN2O4S/c1-7-5-9(12(16)17)6-10(11(7)13)20(18,19)15-8(2)3-4-14/h5-6,8,15H,3H2,1-2H3,(H,16,17). The van der Waals surface area contributed by atoms with E-state index in [4.69, 9.17) is 10.4 Å². The van der Waals surface area contributed by atoms with E-state index in [1.165, 1.54) is 6.07 Å². The number of carboxylic acid groups (broad SMARTS) is 1. The number of carboxylic acids is 1. The zero-order valence-corrected chi connectivity index (χ0v) is 13.2. The second-order valence-electron chi connectivity index (χ2n) is 4.29. The van der Waals surface area contributed by atoms with Crippen LogP contribution in [0, 0.1) is 18.3 Å². The molecule has 0 spiro atoms. The monoisotopic (exact) mass is 360 g/mol. The van der Waals surface area contributed by atoms with E-state index in [1.807, 2.05) is 6.07 Å². The molecule has 1 unspecified atom stereocenters. The van der Waals surface area contributed by atoms with Gasteiger partial charge in [0.15, 0.2) is 0 Å². The highest BCUT2D eigenvalue weighted by Gasteiger charge is 2.23. The Hall–Kier alpha value is -1.43. The summed E-state index contributed by atoms with van der Waals surface area (Å²) in [6.07, 6.45) is 0.0223. The predicted octanol–water partition coefficient (Wildman–Crippen LogP) is 2.04. The number of halogens is 1. The van der Waals surface area contributed by atoms with Crippen LogP contribution in [0.15, 0.2) is 21.5 Å². The molecule has 1 rings (SSSR count). The maximum Gasteiger partial charge on any atom is 0.335 e. The van der Waals surface area contributed by atoms with E-state index in [0.717, 1.165) is 6.07 Å². The lowest BCUT2D eigenvalue weighted by atomic mass is 10.1. The van der Waals surface area contributed by atoms with E-state index in [0.29, 0.717) is 10.0 Å². The van der Waals surface area contributed by atoms with Gasteiger partial charge in [0.25, 0.3) is 0 Å². The number of sulfonamides is 1. The predicted molar refractivity (Wildman–Crippen MR) is 75.9 cm³/mol. The van der Waals surface area contributed by atoms with Gasteiger partial charge in [-0.3, -0.25) is 0 Å². The number of hydrogen-bond acceptors (Lipinski definition) is 4. The van der Waals surface area contributed by atoms with E-state index < -0.39 is 22.0 Å². The van der Waals surface area contributed by atoms with Gasteiger partial charge in [-0.05, 0) is 47.5 Å². The number of nitrogens with one attached hydrogen (secondary N) is 1. The Morgan fingerprint density at radius 1 is 1.55 bits per heavy atom. The van der Waals surface area contributed by atoms with E-state index >= 15 is 0 Å². The summed E-state index contributed by atoms with van der Waals surface area (Å²) in [6, 6.07) is 3.76. The quantitative estimate of drug-likeness (QED) is 0.835. The lowest BCUT2D eigenvalue weighted by molar-refractivity contribution is 0.0696. The average Bonchev–Trinajstić information content (AvgIpc) is 2.31. The molecule has 0 bridgehead atoms. The van der Waals surface area contributed by atoms with Crippen LogP contribution in [0.1, 0.15) is 29.3 Å². The summed E-state index contributed by atoms with van der Waals surface area (Å²) >= 11 is 3.15. The average molecular weight is 361 g/mol. The normalized spacial score (nSPS) is 12.7. The van der Waals surface area contributed by atoms with Crippen molar-refractivity contribution in [2.45, 2.75) is 31.2 Å². The third kappa shape index (κ3) is 3.79. The fraction of sp³-hybridized carbons (Fsp3) is 0.333. The number of nitriles is 1. The minimum Gasteiger partial charge on any atom is -0.478 e. The van der Waals surface area contributed by atoms with Crippen LogP contribution in [0.4, 0.5) is 0 Å².